The standard InChI is InChI=1S/C13H24N2O/c1-13(16-10-6-9-15(2)3)8-5-4-7-12(13)11-14/h4-5,7-8,12H,6,9-11,14H2,1-3H3. The lowest BCUT2D eigenvalue weighted by Gasteiger charge is -2.34. The Bertz CT molecular complexity index is 261. The molecule has 0 bridgehead atoms. The van der Waals surface area contributed by atoms with Gasteiger partial charge in [0.2, 0.25) is 0 Å². The van der Waals surface area contributed by atoms with Crippen molar-refractivity contribution < 1.29 is 4.74 Å². The second-order valence-electron chi connectivity index (χ2n) is 4.78. The molecule has 2 N–H and O–H groups in total. The van der Waals surface area contributed by atoms with E-state index in [4.69, 9.17) is 10.5 Å². The van der Waals surface area contributed by atoms with E-state index in [1.165, 1.54) is 0 Å². The maximum absolute atomic E-state index is 5.98. The van der Waals surface area contributed by atoms with Crippen molar-refractivity contribution in [1.29, 1.82) is 0 Å². The number of hydrogen-bond acceptors (Lipinski definition) is 3. The monoisotopic (exact) mass is 224 g/mol. The van der Waals surface area contributed by atoms with Crippen LogP contribution in [0.15, 0.2) is 24.3 Å². The van der Waals surface area contributed by atoms with E-state index in [0.29, 0.717) is 6.54 Å². The minimum Gasteiger partial charge on any atom is -0.370 e. The van der Waals surface area contributed by atoms with E-state index < -0.39 is 0 Å². The van der Waals surface area contributed by atoms with Gasteiger partial charge in [-0.1, -0.05) is 24.3 Å². The van der Waals surface area contributed by atoms with Crippen molar-refractivity contribution in [3.63, 3.8) is 0 Å². The lowest BCUT2D eigenvalue weighted by Crippen LogP contribution is -2.40. The molecule has 0 saturated carbocycles. The molecule has 0 amide bonds. The molecular formula is C13H24N2O. The Morgan fingerprint density at radius 1 is 1.38 bits per heavy atom. The average Bonchev–Trinajstić information content (AvgIpc) is 2.25. The van der Waals surface area contributed by atoms with Crippen LogP contribution in [0.1, 0.15) is 13.3 Å². The van der Waals surface area contributed by atoms with Gasteiger partial charge in [0.1, 0.15) is 0 Å². The van der Waals surface area contributed by atoms with Gasteiger partial charge in [-0.3, -0.25) is 0 Å². The summed E-state index contributed by atoms with van der Waals surface area (Å²) in [6, 6.07) is 0. The summed E-state index contributed by atoms with van der Waals surface area (Å²) in [6.45, 7) is 4.58. The van der Waals surface area contributed by atoms with Gasteiger partial charge in [0.25, 0.3) is 0 Å². The number of allylic oxidation sites excluding steroid dienone is 2. The minimum absolute atomic E-state index is 0.226. The molecule has 2 atom stereocenters. The Labute approximate surface area is 98.9 Å². The van der Waals surface area contributed by atoms with Crippen LogP contribution in [0.25, 0.3) is 0 Å². The van der Waals surface area contributed by atoms with Crippen LogP contribution in [0.3, 0.4) is 0 Å². The molecule has 0 heterocycles. The van der Waals surface area contributed by atoms with Gasteiger partial charge < -0.3 is 15.4 Å². The Balaban J connectivity index is 2.38. The molecular weight excluding hydrogens is 200 g/mol. The van der Waals surface area contributed by atoms with E-state index in [-0.39, 0.29) is 11.5 Å². The highest BCUT2D eigenvalue weighted by atomic mass is 16.5. The maximum Gasteiger partial charge on any atom is 0.0911 e. The first-order valence-corrected chi connectivity index (χ1v) is 5.93. The van der Waals surface area contributed by atoms with Gasteiger partial charge >= 0.3 is 0 Å². The first kappa shape index (κ1) is 13.4. The van der Waals surface area contributed by atoms with Crippen LogP contribution >= 0.6 is 0 Å². The predicted octanol–water partition coefficient (Wildman–Crippen LogP) is 1.41. The van der Waals surface area contributed by atoms with Crippen LogP contribution in [0.5, 0.6) is 0 Å². The summed E-state index contributed by atoms with van der Waals surface area (Å²) in [7, 11) is 4.15. The molecule has 1 rings (SSSR count). The molecule has 0 saturated heterocycles. The van der Waals surface area contributed by atoms with E-state index in [0.717, 1.165) is 19.6 Å². The molecule has 16 heavy (non-hydrogen) atoms. The van der Waals surface area contributed by atoms with Crippen molar-refractivity contribution in [2.24, 2.45) is 11.7 Å². The van der Waals surface area contributed by atoms with Crippen LogP contribution in [-0.2, 0) is 4.74 Å². The molecule has 2 unspecified atom stereocenters. The average molecular weight is 224 g/mol. The van der Waals surface area contributed by atoms with E-state index in [1.807, 2.05) is 12.2 Å². The second-order valence-corrected chi connectivity index (χ2v) is 4.78. The zero-order valence-electron chi connectivity index (χ0n) is 10.6. The molecule has 0 aromatic heterocycles. The Hall–Kier alpha value is -0.640. The van der Waals surface area contributed by atoms with Crippen molar-refractivity contribution in [3.8, 4) is 0 Å². The third kappa shape index (κ3) is 3.74. The van der Waals surface area contributed by atoms with E-state index in [9.17, 15) is 0 Å². The number of hydrogen-bond donors (Lipinski definition) is 1. The highest BCUT2D eigenvalue weighted by Gasteiger charge is 2.31. The van der Waals surface area contributed by atoms with Gasteiger partial charge in [-0.25, -0.2) is 0 Å². The Morgan fingerprint density at radius 3 is 2.75 bits per heavy atom. The van der Waals surface area contributed by atoms with Gasteiger partial charge in [-0.2, -0.15) is 0 Å². The molecule has 3 heteroatoms. The fraction of sp³-hybridized carbons (Fsp3) is 0.692. The van der Waals surface area contributed by atoms with Crippen LogP contribution in [-0.4, -0.2) is 44.3 Å². The predicted molar refractivity (Wildman–Crippen MR) is 68.4 cm³/mol. The highest BCUT2D eigenvalue weighted by Crippen LogP contribution is 2.27. The minimum atomic E-state index is -0.226. The van der Waals surface area contributed by atoms with Crippen LogP contribution in [0.4, 0.5) is 0 Å². The number of nitrogens with two attached hydrogens (primary N) is 1. The van der Waals surface area contributed by atoms with E-state index in [1.54, 1.807) is 0 Å². The molecule has 0 radical (unpaired) electrons. The highest BCUT2D eigenvalue weighted by molar-refractivity contribution is 5.21. The fourth-order valence-corrected chi connectivity index (χ4v) is 1.90. The van der Waals surface area contributed by atoms with Crippen molar-refractivity contribution in [3.05, 3.63) is 24.3 Å². The molecule has 1 aliphatic carbocycles. The van der Waals surface area contributed by atoms with Gasteiger partial charge in [-0.05, 0) is 34.0 Å². The summed E-state index contributed by atoms with van der Waals surface area (Å²) >= 11 is 0. The van der Waals surface area contributed by atoms with Crippen molar-refractivity contribution in [2.75, 3.05) is 33.8 Å². The summed E-state index contributed by atoms with van der Waals surface area (Å²) in [4.78, 5) is 2.17. The molecule has 1 aliphatic rings. The molecule has 0 aromatic carbocycles. The fourth-order valence-electron chi connectivity index (χ4n) is 1.90. The van der Waals surface area contributed by atoms with E-state index in [2.05, 4.69) is 38.1 Å². The largest absolute Gasteiger partial charge is 0.370 e. The lowest BCUT2D eigenvalue weighted by atomic mass is 9.85. The molecule has 0 spiro atoms. The number of ether oxygens (including phenoxy) is 1. The van der Waals surface area contributed by atoms with E-state index >= 15 is 0 Å². The Kier molecular flexibility index (Phi) is 5.19. The molecule has 92 valence electrons. The Morgan fingerprint density at radius 2 is 2.12 bits per heavy atom. The zero-order valence-corrected chi connectivity index (χ0v) is 10.6. The third-order valence-electron chi connectivity index (χ3n) is 3.03. The van der Waals surface area contributed by atoms with Crippen molar-refractivity contribution in [2.45, 2.75) is 18.9 Å². The molecule has 3 nitrogen and oxygen atoms in total. The SMILES string of the molecule is CN(C)CCCOC1(C)C=CC=CC1CN. The van der Waals surface area contributed by atoms with Crippen LogP contribution in [0, 0.1) is 5.92 Å². The van der Waals surface area contributed by atoms with Gasteiger partial charge in [0.15, 0.2) is 0 Å². The number of rotatable bonds is 6. The second kappa shape index (κ2) is 6.18. The molecule has 0 aliphatic heterocycles. The van der Waals surface area contributed by atoms with Gasteiger partial charge in [0, 0.05) is 19.1 Å². The topological polar surface area (TPSA) is 38.5 Å². The summed E-state index contributed by atoms with van der Waals surface area (Å²) < 4.78 is 5.98. The normalized spacial score (nSPS) is 28.9. The van der Waals surface area contributed by atoms with Crippen LogP contribution in [0.2, 0.25) is 0 Å². The molecule has 0 aromatic rings. The van der Waals surface area contributed by atoms with Crippen molar-refractivity contribution in [1.82, 2.24) is 4.90 Å². The zero-order chi connectivity index (χ0) is 12.0. The quantitative estimate of drug-likeness (QED) is 0.693. The first-order valence-electron chi connectivity index (χ1n) is 5.93. The lowest BCUT2D eigenvalue weighted by molar-refractivity contribution is -0.0251. The smallest absolute Gasteiger partial charge is 0.0911 e. The third-order valence-corrected chi connectivity index (χ3v) is 3.03. The van der Waals surface area contributed by atoms with Crippen molar-refractivity contribution >= 4 is 0 Å². The number of nitrogens with zero attached hydrogens (tertiary/aromatic N) is 1. The summed E-state index contributed by atoms with van der Waals surface area (Å²) in [5.41, 5.74) is 5.53. The first-order chi connectivity index (χ1) is 7.58. The molecule has 0 fully saturated rings. The summed E-state index contributed by atoms with van der Waals surface area (Å²) in [6.07, 6.45) is 9.38. The van der Waals surface area contributed by atoms with Gasteiger partial charge in [0.05, 0.1) is 5.60 Å². The summed E-state index contributed by atoms with van der Waals surface area (Å²) in [5, 5.41) is 0. The summed E-state index contributed by atoms with van der Waals surface area (Å²) in [5.74, 6) is 0.289. The van der Waals surface area contributed by atoms with Gasteiger partial charge in [-0.15, -0.1) is 0 Å². The maximum atomic E-state index is 5.98. The van der Waals surface area contributed by atoms with Crippen LogP contribution < -0.4 is 5.73 Å².